The van der Waals surface area contributed by atoms with E-state index >= 15 is 0 Å². The summed E-state index contributed by atoms with van der Waals surface area (Å²) >= 11 is 0. The molecule has 2 aliphatic rings. The fourth-order valence-electron chi connectivity index (χ4n) is 3.07. The van der Waals surface area contributed by atoms with Gasteiger partial charge in [-0.05, 0) is 38.4 Å². The topological polar surface area (TPSA) is 56.1 Å². The second-order valence-electron chi connectivity index (χ2n) is 5.34. The van der Waals surface area contributed by atoms with Crippen LogP contribution < -0.4 is 4.90 Å². The van der Waals surface area contributed by atoms with Crippen molar-refractivity contribution in [2.45, 2.75) is 31.7 Å². The van der Waals surface area contributed by atoms with E-state index in [0.717, 1.165) is 13.1 Å². The summed E-state index contributed by atoms with van der Waals surface area (Å²) in [5.41, 5.74) is 0.450. The first-order valence-electron chi connectivity index (χ1n) is 7.09. The normalized spacial score (nSPS) is 24.4. The van der Waals surface area contributed by atoms with Gasteiger partial charge < -0.3 is 4.90 Å². The van der Waals surface area contributed by atoms with Crippen molar-refractivity contribution in [3.8, 4) is 6.07 Å². The van der Waals surface area contributed by atoms with Crippen molar-refractivity contribution in [1.82, 2.24) is 14.9 Å². The molecule has 0 aromatic carbocycles. The lowest BCUT2D eigenvalue weighted by Gasteiger charge is -2.32. The van der Waals surface area contributed by atoms with E-state index in [-0.39, 0.29) is 0 Å². The van der Waals surface area contributed by atoms with Crippen molar-refractivity contribution >= 4 is 5.95 Å². The minimum atomic E-state index is 0.450. The van der Waals surface area contributed by atoms with Crippen LogP contribution in [0.1, 0.15) is 31.4 Å². The molecular formula is C14H19N5. The zero-order valence-electron chi connectivity index (χ0n) is 11.1. The Morgan fingerprint density at radius 1 is 1.21 bits per heavy atom. The van der Waals surface area contributed by atoms with E-state index in [1.54, 1.807) is 12.3 Å². The Kier molecular flexibility index (Phi) is 3.60. The van der Waals surface area contributed by atoms with Crippen LogP contribution in [0.2, 0.25) is 0 Å². The Labute approximate surface area is 113 Å². The number of anilines is 1. The van der Waals surface area contributed by atoms with Crippen molar-refractivity contribution in [1.29, 1.82) is 5.26 Å². The Hall–Kier alpha value is -1.67. The molecule has 5 heteroatoms. The van der Waals surface area contributed by atoms with Crippen LogP contribution >= 0.6 is 0 Å². The highest BCUT2D eigenvalue weighted by atomic mass is 15.3. The molecule has 1 unspecified atom stereocenters. The average Bonchev–Trinajstić information content (AvgIpc) is 2.98. The van der Waals surface area contributed by atoms with Crippen molar-refractivity contribution in [3.05, 3.63) is 18.0 Å². The van der Waals surface area contributed by atoms with Crippen LogP contribution in [-0.2, 0) is 0 Å². The molecule has 0 N–H and O–H groups in total. The summed E-state index contributed by atoms with van der Waals surface area (Å²) in [5, 5.41) is 8.89. The standard InChI is InChI=1S/C14H19N5/c15-10-12-4-6-16-14(17-12)19-9-5-13(11-19)18-7-2-1-3-8-18/h4,6,13H,1-3,5,7-9,11H2. The number of hydrogen-bond acceptors (Lipinski definition) is 5. The van der Waals surface area contributed by atoms with Crippen LogP contribution in [0.15, 0.2) is 12.3 Å². The highest BCUT2D eigenvalue weighted by molar-refractivity contribution is 5.35. The van der Waals surface area contributed by atoms with Gasteiger partial charge in [-0.25, -0.2) is 9.97 Å². The molecule has 1 atom stereocenters. The fraction of sp³-hybridized carbons (Fsp3) is 0.643. The van der Waals surface area contributed by atoms with Crippen molar-refractivity contribution in [2.24, 2.45) is 0 Å². The van der Waals surface area contributed by atoms with E-state index in [9.17, 15) is 0 Å². The monoisotopic (exact) mass is 257 g/mol. The van der Waals surface area contributed by atoms with Gasteiger partial charge in [0.25, 0.3) is 0 Å². The van der Waals surface area contributed by atoms with Crippen LogP contribution in [0.25, 0.3) is 0 Å². The predicted molar refractivity (Wildman–Crippen MR) is 72.8 cm³/mol. The summed E-state index contributed by atoms with van der Waals surface area (Å²) in [6.45, 7) is 4.46. The van der Waals surface area contributed by atoms with Gasteiger partial charge in [0.1, 0.15) is 11.8 Å². The fourth-order valence-corrected chi connectivity index (χ4v) is 3.07. The first-order valence-corrected chi connectivity index (χ1v) is 7.09. The average molecular weight is 257 g/mol. The van der Waals surface area contributed by atoms with Crippen molar-refractivity contribution in [2.75, 3.05) is 31.1 Å². The molecule has 0 aliphatic carbocycles. The first kappa shape index (κ1) is 12.4. The van der Waals surface area contributed by atoms with Gasteiger partial charge in [0.05, 0.1) is 0 Å². The summed E-state index contributed by atoms with van der Waals surface area (Å²) in [6.07, 6.45) is 6.89. The van der Waals surface area contributed by atoms with E-state index in [1.807, 2.05) is 0 Å². The van der Waals surface area contributed by atoms with Gasteiger partial charge in [0.2, 0.25) is 5.95 Å². The van der Waals surface area contributed by atoms with Gasteiger partial charge in [-0.2, -0.15) is 5.26 Å². The molecule has 0 saturated carbocycles. The Morgan fingerprint density at radius 3 is 2.84 bits per heavy atom. The second kappa shape index (κ2) is 5.54. The Morgan fingerprint density at radius 2 is 2.05 bits per heavy atom. The lowest BCUT2D eigenvalue weighted by atomic mass is 10.1. The summed E-state index contributed by atoms with van der Waals surface area (Å²) < 4.78 is 0. The molecule has 5 nitrogen and oxygen atoms in total. The maximum absolute atomic E-state index is 8.89. The molecule has 0 spiro atoms. The second-order valence-corrected chi connectivity index (χ2v) is 5.34. The maximum atomic E-state index is 8.89. The third kappa shape index (κ3) is 2.69. The minimum absolute atomic E-state index is 0.450. The molecule has 100 valence electrons. The summed E-state index contributed by atoms with van der Waals surface area (Å²) in [4.78, 5) is 13.4. The van der Waals surface area contributed by atoms with Gasteiger partial charge in [-0.15, -0.1) is 0 Å². The van der Waals surface area contributed by atoms with Crippen LogP contribution in [0.5, 0.6) is 0 Å². The third-order valence-electron chi connectivity index (χ3n) is 4.11. The quantitative estimate of drug-likeness (QED) is 0.802. The van der Waals surface area contributed by atoms with Crippen molar-refractivity contribution in [3.63, 3.8) is 0 Å². The number of piperidine rings is 1. The number of nitrogens with zero attached hydrogens (tertiary/aromatic N) is 5. The molecular weight excluding hydrogens is 238 g/mol. The molecule has 19 heavy (non-hydrogen) atoms. The van der Waals surface area contributed by atoms with Gasteiger partial charge in [0, 0.05) is 25.3 Å². The highest BCUT2D eigenvalue weighted by Crippen LogP contribution is 2.22. The molecule has 1 aromatic rings. The van der Waals surface area contributed by atoms with Gasteiger partial charge >= 0.3 is 0 Å². The zero-order valence-corrected chi connectivity index (χ0v) is 11.1. The van der Waals surface area contributed by atoms with Gasteiger partial charge in [-0.3, -0.25) is 4.90 Å². The summed E-state index contributed by atoms with van der Waals surface area (Å²) in [5.74, 6) is 0.707. The molecule has 3 rings (SSSR count). The van der Waals surface area contributed by atoms with Crippen LogP contribution in [0, 0.1) is 11.3 Å². The van der Waals surface area contributed by atoms with E-state index in [1.165, 1.54) is 38.8 Å². The SMILES string of the molecule is N#Cc1ccnc(N2CCC(N3CCCCC3)C2)n1. The van der Waals surface area contributed by atoms with Crippen LogP contribution in [-0.4, -0.2) is 47.1 Å². The molecule has 1 aromatic heterocycles. The number of rotatable bonds is 2. The number of likely N-dealkylation sites (tertiary alicyclic amines) is 1. The number of nitriles is 1. The van der Waals surface area contributed by atoms with Gasteiger partial charge in [-0.1, -0.05) is 6.42 Å². The molecule has 2 fully saturated rings. The molecule has 0 amide bonds. The van der Waals surface area contributed by atoms with E-state index in [2.05, 4.69) is 25.8 Å². The largest absolute Gasteiger partial charge is 0.339 e. The molecule has 0 bridgehead atoms. The smallest absolute Gasteiger partial charge is 0.226 e. The maximum Gasteiger partial charge on any atom is 0.226 e. The predicted octanol–water partition coefficient (Wildman–Crippen LogP) is 1.41. The first-order chi connectivity index (χ1) is 9.36. The minimum Gasteiger partial charge on any atom is -0.339 e. The Balaban J connectivity index is 1.66. The van der Waals surface area contributed by atoms with E-state index in [0.29, 0.717) is 17.7 Å². The Bertz CT molecular complexity index is 475. The van der Waals surface area contributed by atoms with Gasteiger partial charge in [0.15, 0.2) is 0 Å². The van der Waals surface area contributed by atoms with Crippen LogP contribution in [0.4, 0.5) is 5.95 Å². The molecule has 0 radical (unpaired) electrons. The summed E-state index contributed by atoms with van der Waals surface area (Å²) in [7, 11) is 0. The van der Waals surface area contributed by atoms with E-state index < -0.39 is 0 Å². The molecule has 2 aliphatic heterocycles. The number of aromatic nitrogens is 2. The highest BCUT2D eigenvalue weighted by Gasteiger charge is 2.29. The third-order valence-corrected chi connectivity index (χ3v) is 4.11. The van der Waals surface area contributed by atoms with Crippen LogP contribution in [0.3, 0.4) is 0 Å². The van der Waals surface area contributed by atoms with Crippen molar-refractivity contribution < 1.29 is 0 Å². The lowest BCUT2D eigenvalue weighted by molar-refractivity contribution is 0.174. The number of hydrogen-bond donors (Lipinski definition) is 0. The lowest BCUT2D eigenvalue weighted by Crippen LogP contribution is -2.41. The zero-order chi connectivity index (χ0) is 13.1. The summed E-state index contributed by atoms with van der Waals surface area (Å²) in [6, 6.07) is 4.37. The van der Waals surface area contributed by atoms with E-state index in [4.69, 9.17) is 5.26 Å². The molecule has 2 saturated heterocycles. The molecule has 3 heterocycles.